The topological polar surface area (TPSA) is 9.23 Å². The fourth-order valence-corrected chi connectivity index (χ4v) is 6.46. The molecule has 0 N–H and O–H groups in total. The number of allylic oxidation sites excluding steroid dienone is 4. The van der Waals surface area contributed by atoms with Gasteiger partial charge in [-0.1, -0.05) is 167 Å². The van der Waals surface area contributed by atoms with E-state index in [1.807, 2.05) is 26.0 Å². The Kier molecular flexibility index (Phi) is 14.9. The van der Waals surface area contributed by atoms with Crippen LogP contribution < -0.4 is 4.74 Å². The van der Waals surface area contributed by atoms with E-state index in [9.17, 15) is 0 Å². The summed E-state index contributed by atoms with van der Waals surface area (Å²) in [5.74, 6) is 2.51. The van der Waals surface area contributed by atoms with Crippen LogP contribution >= 0.6 is 0 Å². The predicted molar refractivity (Wildman–Crippen MR) is 225 cm³/mol. The van der Waals surface area contributed by atoms with E-state index in [2.05, 4.69) is 163 Å². The molecule has 6 rings (SSSR count). The molecule has 0 aliphatic heterocycles. The molecule has 0 radical (unpaired) electrons. The molecule has 50 heavy (non-hydrogen) atoms. The molecule has 0 fully saturated rings. The van der Waals surface area contributed by atoms with Crippen molar-refractivity contribution in [2.24, 2.45) is 11.8 Å². The Bertz CT molecular complexity index is 1970. The van der Waals surface area contributed by atoms with Gasteiger partial charge < -0.3 is 4.74 Å². The van der Waals surface area contributed by atoms with Crippen LogP contribution in [0.4, 0.5) is 0 Å². The van der Waals surface area contributed by atoms with Crippen LogP contribution in [0.5, 0.6) is 5.75 Å². The minimum Gasteiger partial charge on any atom is -0.494 e. The predicted octanol–water partition coefficient (Wildman–Crippen LogP) is 15.1. The van der Waals surface area contributed by atoms with Gasteiger partial charge in [-0.2, -0.15) is 0 Å². The standard InChI is InChI=1S/C26H36O.C19H14.C4H8/c1-6-8-23-12-11-22(5)19-26(23)24-13-15-25(16-14-24)27-18-17-21(4)10-7-9-20(2)3;1-2-4-13-7-8-16-10-9-14-5-3-6-15-11-12-17(13)19(16)18(14)15;1-3-4-2/h6,8,11-16,19-21H,7,9-10,17-18H2,1-5H3;2-12H,1H3;3-4H,1-2H3/b8-6+;4-2+;4-3+. The van der Waals surface area contributed by atoms with Gasteiger partial charge in [-0.25, -0.2) is 0 Å². The van der Waals surface area contributed by atoms with Gasteiger partial charge in [0.1, 0.15) is 5.75 Å². The van der Waals surface area contributed by atoms with E-state index in [-0.39, 0.29) is 0 Å². The fourth-order valence-electron chi connectivity index (χ4n) is 6.46. The third-order valence-corrected chi connectivity index (χ3v) is 9.32. The molecular formula is C49H58O. The molecule has 0 aromatic heterocycles. The molecular weight excluding hydrogens is 605 g/mol. The van der Waals surface area contributed by atoms with Crippen LogP contribution in [0.15, 0.2) is 121 Å². The zero-order chi connectivity index (χ0) is 35.9. The van der Waals surface area contributed by atoms with Crippen molar-refractivity contribution < 1.29 is 4.74 Å². The van der Waals surface area contributed by atoms with E-state index in [4.69, 9.17) is 4.74 Å². The summed E-state index contributed by atoms with van der Waals surface area (Å²) in [5, 5.41) is 8.11. The summed E-state index contributed by atoms with van der Waals surface area (Å²) < 4.78 is 5.98. The Hall–Kier alpha value is -4.62. The average molecular weight is 663 g/mol. The lowest BCUT2D eigenvalue weighted by atomic mass is 9.92. The van der Waals surface area contributed by atoms with Crippen LogP contribution in [0.1, 0.15) is 90.8 Å². The second-order valence-electron chi connectivity index (χ2n) is 13.9. The Balaban J connectivity index is 0.000000211. The molecule has 260 valence electrons. The van der Waals surface area contributed by atoms with Gasteiger partial charge in [-0.15, -0.1) is 0 Å². The largest absolute Gasteiger partial charge is 0.494 e. The lowest BCUT2D eigenvalue weighted by Crippen LogP contribution is -2.04. The van der Waals surface area contributed by atoms with E-state index in [0.717, 1.165) is 30.6 Å². The van der Waals surface area contributed by atoms with Crippen molar-refractivity contribution in [1.29, 1.82) is 0 Å². The lowest BCUT2D eigenvalue weighted by Gasteiger charge is -2.14. The van der Waals surface area contributed by atoms with E-state index in [1.165, 1.54) is 79.4 Å². The highest BCUT2D eigenvalue weighted by atomic mass is 16.5. The minimum atomic E-state index is 0.735. The Labute approximate surface area is 302 Å². The number of aryl methyl sites for hydroxylation is 1. The molecule has 0 aliphatic rings. The number of ether oxygens (including phenoxy) is 1. The molecule has 6 aromatic rings. The summed E-state index contributed by atoms with van der Waals surface area (Å²) in [4.78, 5) is 0. The van der Waals surface area contributed by atoms with Crippen LogP contribution in [-0.4, -0.2) is 6.61 Å². The molecule has 0 saturated heterocycles. The van der Waals surface area contributed by atoms with Gasteiger partial charge in [0, 0.05) is 0 Å². The van der Waals surface area contributed by atoms with Crippen molar-refractivity contribution in [3.8, 4) is 16.9 Å². The van der Waals surface area contributed by atoms with Gasteiger partial charge in [0.15, 0.2) is 0 Å². The maximum absolute atomic E-state index is 5.98. The minimum absolute atomic E-state index is 0.735. The maximum Gasteiger partial charge on any atom is 0.119 e. The molecule has 1 nitrogen and oxygen atoms in total. The van der Waals surface area contributed by atoms with E-state index in [1.54, 1.807) is 0 Å². The fraction of sp³-hybridized carbons (Fsp3) is 0.306. The second-order valence-corrected chi connectivity index (χ2v) is 13.9. The number of benzene rings is 6. The van der Waals surface area contributed by atoms with Gasteiger partial charge in [0.2, 0.25) is 0 Å². The third-order valence-electron chi connectivity index (χ3n) is 9.32. The summed E-state index contributed by atoms with van der Waals surface area (Å²) in [6.07, 6.45) is 17.6. The van der Waals surface area contributed by atoms with Crippen LogP contribution in [0.3, 0.4) is 0 Å². The van der Waals surface area contributed by atoms with Crippen LogP contribution in [-0.2, 0) is 0 Å². The van der Waals surface area contributed by atoms with Gasteiger partial charge in [0.05, 0.1) is 6.61 Å². The molecule has 0 spiro atoms. The smallest absolute Gasteiger partial charge is 0.119 e. The number of rotatable bonds is 11. The number of hydrogen-bond acceptors (Lipinski definition) is 1. The lowest BCUT2D eigenvalue weighted by molar-refractivity contribution is 0.276. The highest BCUT2D eigenvalue weighted by Crippen LogP contribution is 2.36. The summed E-state index contributed by atoms with van der Waals surface area (Å²) in [6.45, 7) is 18.0. The molecule has 6 aromatic carbocycles. The molecule has 0 saturated carbocycles. The normalized spacial score (nSPS) is 12.3. The van der Waals surface area contributed by atoms with E-state index in [0.29, 0.717) is 0 Å². The summed E-state index contributed by atoms with van der Waals surface area (Å²) in [6, 6.07) is 35.0. The molecule has 0 bridgehead atoms. The van der Waals surface area contributed by atoms with E-state index < -0.39 is 0 Å². The van der Waals surface area contributed by atoms with Crippen molar-refractivity contribution >= 4 is 44.5 Å². The Morgan fingerprint density at radius 1 is 0.580 bits per heavy atom. The molecule has 1 unspecified atom stereocenters. The zero-order valence-electron chi connectivity index (χ0n) is 31.8. The first-order chi connectivity index (χ1) is 24.3. The summed E-state index contributed by atoms with van der Waals surface area (Å²) in [7, 11) is 0. The van der Waals surface area contributed by atoms with Crippen molar-refractivity contribution in [2.75, 3.05) is 6.61 Å². The first-order valence-corrected chi connectivity index (χ1v) is 18.6. The van der Waals surface area contributed by atoms with Crippen molar-refractivity contribution in [2.45, 2.75) is 81.1 Å². The average Bonchev–Trinajstić information content (AvgIpc) is 3.13. The molecule has 0 aliphatic carbocycles. The second kappa shape index (κ2) is 19.5. The first-order valence-electron chi connectivity index (χ1n) is 18.6. The van der Waals surface area contributed by atoms with Crippen LogP contribution in [0, 0.1) is 18.8 Å². The Morgan fingerprint density at radius 2 is 1.18 bits per heavy atom. The quantitative estimate of drug-likeness (QED) is 0.0991. The summed E-state index contributed by atoms with van der Waals surface area (Å²) >= 11 is 0. The summed E-state index contributed by atoms with van der Waals surface area (Å²) in [5.41, 5.74) is 6.35. The number of hydrogen-bond donors (Lipinski definition) is 0. The molecule has 1 heteroatoms. The van der Waals surface area contributed by atoms with Crippen LogP contribution in [0.2, 0.25) is 0 Å². The highest BCUT2D eigenvalue weighted by Gasteiger charge is 2.09. The van der Waals surface area contributed by atoms with Gasteiger partial charge in [-0.05, 0) is 120 Å². The van der Waals surface area contributed by atoms with Gasteiger partial charge in [0.25, 0.3) is 0 Å². The molecule has 0 heterocycles. The zero-order valence-corrected chi connectivity index (χ0v) is 31.8. The molecule has 1 atom stereocenters. The van der Waals surface area contributed by atoms with Crippen molar-refractivity contribution in [3.63, 3.8) is 0 Å². The molecule has 0 amide bonds. The van der Waals surface area contributed by atoms with Gasteiger partial charge in [-0.3, -0.25) is 0 Å². The van der Waals surface area contributed by atoms with Crippen LogP contribution in [0.25, 0.3) is 55.6 Å². The maximum atomic E-state index is 5.98. The monoisotopic (exact) mass is 662 g/mol. The highest BCUT2D eigenvalue weighted by molar-refractivity contribution is 6.24. The first kappa shape index (κ1) is 38.2. The van der Waals surface area contributed by atoms with Gasteiger partial charge >= 0.3 is 0 Å². The van der Waals surface area contributed by atoms with Crippen molar-refractivity contribution in [1.82, 2.24) is 0 Å². The van der Waals surface area contributed by atoms with Crippen molar-refractivity contribution in [3.05, 3.63) is 138 Å². The third kappa shape index (κ3) is 10.4. The van der Waals surface area contributed by atoms with E-state index >= 15 is 0 Å². The SMILES string of the molecule is C/C=C/C.C/C=C/c1ccc(C)cc1-c1ccc(OCCC(C)CCCC(C)C)cc1.C/C=C/c1ccc2ccc3cccc4ccc1c2c34. The Morgan fingerprint density at radius 3 is 1.82 bits per heavy atom.